The Kier molecular flexibility index (Phi) is 5.56. The number of aryl methyl sites for hydroxylation is 3. The molecule has 3 rings (SSSR count). The van der Waals surface area contributed by atoms with Gasteiger partial charge in [0.25, 0.3) is 5.91 Å². The van der Waals surface area contributed by atoms with E-state index >= 15 is 0 Å². The number of amides is 1. The fourth-order valence-electron chi connectivity index (χ4n) is 2.97. The molecule has 0 unspecified atom stereocenters. The summed E-state index contributed by atoms with van der Waals surface area (Å²) in [6.45, 7) is 5.99. The highest BCUT2D eigenvalue weighted by Crippen LogP contribution is 2.20. The molecule has 1 heterocycles. The number of thiazole rings is 1. The van der Waals surface area contributed by atoms with Gasteiger partial charge in [-0.25, -0.2) is 0 Å². The Balaban J connectivity index is 2.15. The lowest BCUT2D eigenvalue weighted by atomic mass is 10.1. The molecule has 0 radical (unpaired) electrons. The van der Waals surface area contributed by atoms with Gasteiger partial charge in [0.05, 0.1) is 17.3 Å². The summed E-state index contributed by atoms with van der Waals surface area (Å²) in [4.78, 5) is 29.5. The maximum Gasteiger partial charge on any atom is 0.325 e. The molecule has 140 valence electrons. The second kappa shape index (κ2) is 7.88. The lowest BCUT2D eigenvalue weighted by Crippen LogP contribution is -2.22. The van der Waals surface area contributed by atoms with Crippen LogP contribution in [0.4, 0.5) is 0 Å². The van der Waals surface area contributed by atoms with E-state index in [0.29, 0.717) is 10.4 Å². The minimum Gasteiger partial charge on any atom is -0.468 e. The van der Waals surface area contributed by atoms with Crippen molar-refractivity contribution < 1.29 is 14.3 Å². The zero-order chi connectivity index (χ0) is 19.6. The van der Waals surface area contributed by atoms with E-state index in [0.717, 1.165) is 27.8 Å². The molecule has 6 heteroatoms. The minimum absolute atomic E-state index is 0.0148. The predicted octanol–water partition coefficient (Wildman–Crippen LogP) is 3.80. The van der Waals surface area contributed by atoms with Crippen LogP contribution in [0.15, 0.2) is 41.4 Å². The zero-order valence-electron chi connectivity index (χ0n) is 15.9. The quantitative estimate of drug-likeness (QED) is 0.645. The summed E-state index contributed by atoms with van der Waals surface area (Å²) < 4.78 is 7.55. The summed E-state index contributed by atoms with van der Waals surface area (Å²) in [5.74, 6) is -0.692. The van der Waals surface area contributed by atoms with E-state index in [2.05, 4.69) is 18.0 Å². The fraction of sp³-hybridized carbons (Fsp3) is 0.286. The summed E-state index contributed by atoms with van der Waals surface area (Å²) >= 11 is 1.41. The van der Waals surface area contributed by atoms with E-state index in [1.165, 1.54) is 24.0 Å². The van der Waals surface area contributed by atoms with Crippen molar-refractivity contribution in [2.45, 2.75) is 33.7 Å². The van der Waals surface area contributed by atoms with Crippen molar-refractivity contribution in [3.8, 4) is 0 Å². The highest BCUT2D eigenvalue weighted by Gasteiger charge is 2.14. The molecule has 0 bridgehead atoms. The Bertz CT molecular complexity index is 1090. The first kappa shape index (κ1) is 19.0. The van der Waals surface area contributed by atoms with E-state index in [1.807, 2.05) is 38.1 Å². The topological polar surface area (TPSA) is 60.7 Å². The molecule has 0 saturated heterocycles. The molecule has 0 atom stereocenters. The van der Waals surface area contributed by atoms with Crippen LogP contribution in [0.25, 0.3) is 10.2 Å². The van der Waals surface area contributed by atoms with Gasteiger partial charge in [0.15, 0.2) is 4.80 Å². The van der Waals surface area contributed by atoms with Crippen molar-refractivity contribution in [1.29, 1.82) is 0 Å². The van der Waals surface area contributed by atoms with Gasteiger partial charge in [0, 0.05) is 5.56 Å². The predicted molar refractivity (Wildman–Crippen MR) is 107 cm³/mol. The normalized spacial score (nSPS) is 11.8. The van der Waals surface area contributed by atoms with Crippen LogP contribution in [0.2, 0.25) is 0 Å². The van der Waals surface area contributed by atoms with Crippen LogP contribution in [0, 0.1) is 13.8 Å². The van der Waals surface area contributed by atoms with E-state index in [-0.39, 0.29) is 18.4 Å². The number of fused-ring (bicyclic) bond motifs is 1. The number of hydrogen-bond acceptors (Lipinski definition) is 4. The van der Waals surface area contributed by atoms with E-state index in [9.17, 15) is 9.59 Å². The van der Waals surface area contributed by atoms with Gasteiger partial charge in [-0.15, -0.1) is 0 Å². The number of esters is 1. The molecule has 5 nitrogen and oxygen atoms in total. The highest BCUT2D eigenvalue weighted by atomic mass is 32.1. The third kappa shape index (κ3) is 4.01. The maximum atomic E-state index is 12.8. The van der Waals surface area contributed by atoms with Gasteiger partial charge in [-0.3, -0.25) is 9.59 Å². The van der Waals surface area contributed by atoms with Gasteiger partial charge in [0.2, 0.25) is 0 Å². The number of ether oxygens (including phenoxy) is 1. The Labute approximate surface area is 161 Å². The highest BCUT2D eigenvalue weighted by molar-refractivity contribution is 7.16. The summed E-state index contributed by atoms with van der Waals surface area (Å²) in [5.41, 5.74) is 4.62. The number of rotatable bonds is 4. The zero-order valence-corrected chi connectivity index (χ0v) is 16.7. The molecule has 0 N–H and O–H groups in total. The summed E-state index contributed by atoms with van der Waals surface area (Å²) in [5, 5.41) is 0. The van der Waals surface area contributed by atoms with Crippen molar-refractivity contribution in [1.82, 2.24) is 4.57 Å². The van der Waals surface area contributed by atoms with Crippen LogP contribution in [0.1, 0.15) is 34.0 Å². The molecule has 27 heavy (non-hydrogen) atoms. The molecular weight excluding hydrogens is 360 g/mol. The molecule has 0 fully saturated rings. The van der Waals surface area contributed by atoms with Gasteiger partial charge in [-0.05, 0) is 49.6 Å². The van der Waals surface area contributed by atoms with Crippen LogP contribution < -0.4 is 4.80 Å². The smallest absolute Gasteiger partial charge is 0.325 e. The molecule has 1 amide bonds. The van der Waals surface area contributed by atoms with E-state index < -0.39 is 0 Å². The number of benzene rings is 2. The molecule has 0 aliphatic carbocycles. The first-order valence-electron chi connectivity index (χ1n) is 8.78. The van der Waals surface area contributed by atoms with Gasteiger partial charge in [-0.1, -0.05) is 42.0 Å². The molecule has 1 aromatic heterocycles. The fourth-order valence-corrected chi connectivity index (χ4v) is 4.06. The number of carbonyl (C=O) groups is 2. The molecular formula is C21H22N2O3S. The van der Waals surface area contributed by atoms with Gasteiger partial charge in [-0.2, -0.15) is 4.99 Å². The number of carbonyl (C=O) groups excluding carboxylic acids is 2. The first-order valence-corrected chi connectivity index (χ1v) is 9.60. The second-order valence-electron chi connectivity index (χ2n) is 6.44. The Morgan fingerprint density at radius 1 is 1.15 bits per heavy atom. The number of aromatic nitrogens is 1. The summed E-state index contributed by atoms with van der Waals surface area (Å²) in [6.07, 6.45) is 0.915. The van der Waals surface area contributed by atoms with Crippen molar-refractivity contribution in [3.63, 3.8) is 0 Å². The number of methoxy groups -OCH3 is 1. The summed E-state index contributed by atoms with van der Waals surface area (Å²) in [7, 11) is 1.35. The summed E-state index contributed by atoms with van der Waals surface area (Å²) in [6, 6.07) is 11.7. The van der Waals surface area contributed by atoms with E-state index in [1.54, 1.807) is 10.6 Å². The van der Waals surface area contributed by atoms with Crippen molar-refractivity contribution in [3.05, 3.63) is 63.5 Å². The number of nitrogens with zero attached hydrogens (tertiary/aromatic N) is 2. The Hall–Kier alpha value is -2.73. The van der Waals surface area contributed by atoms with Gasteiger partial charge in [0.1, 0.15) is 6.54 Å². The molecule has 0 aliphatic heterocycles. The minimum atomic E-state index is -0.380. The number of hydrogen-bond donors (Lipinski definition) is 0. The molecule has 3 aromatic rings. The van der Waals surface area contributed by atoms with Crippen molar-refractivity contribution in [2.24, 2.45) is 4.99 Å². The van der Waals surface area contributed by atoms with Gasteiger partial charge >= 0.3 is 5.97 Å². The monoisotopic (exact) mass is 382 g/mol. The van der Waals surface area contributed by atoms with Crippen LogP contribution >= 0.6 is 11.3 Å². The molecule has 0 saturated carbocycles. The average Bonchev–Trinajstić information content (AvgIpc) is 2.97. The van der Waals surface area contributed by atoms with Crippen LogP contribution in [0.3, 0.4) is 0 Å². The lowest BCUT2D eigenvalue weighted by molar-refractivity contribution is -0.141. The molecule has 0 aliphatic rings. The third-order valence-electron chi connectivity index (χ3n) is 4.48. The van der Waals surface area contributed by atoms with Crippen molar-refractivity contribution in [2.75, 3.05) is 7.11 Å². The van der Waals surface area contributed by atoms with Crippen molar-refractivity contribution >= 4 is 33.4 Å². The SMILES string of the molecule is CCc1ccc2c(c1)sc(=NC(=O)c1ccc(C)cc1C)n2CC(=O)OC. The molecule has 0 spiro atoms. The van der Waals surface area contributed by atoms with Crippen LogP contribution in [-0.4, -0.2) is 23.6 Å². The van der Waals surface area contributed by atoms with E-state index in [4.69, 9.17) is 4.74 Å². The van der Waals surface area contributed by atoms with Crippen LogP contribution in [0.5, 0.6) is 0 Å². The second-order valence-corrected chi connectivity index (χ2v) is 7.45. The Morgan fingerprint density at radius 2 is 1.93 bits per heavy atom. The first-order chi connectivity index (χ1) is 12.9. The van der Waals surface area contributed by atoms with Crippen LogP contribution in [-0.2, 0) is 22.5 Å². The lowest BCUT2D eigenvalue weighted by Gasteiger charge is -2.05. The average molecular weight is 382 g/mol. The Morgan fingerprint density at radius 3 is 2.59 bits per heavy atom. The van der Waals surface area contributed by atoms with Gasteiger partial charge < -0.3 is 9.30 Å². The molecule has 2 aromatic carbocycles. The standard InChI is InChI=1S/C21H22N2O3S/c1-5-15-7-9-17-18(11-15)27-21(23(17)12-19(24)26-4)22-20(25)16-8-6-13(2)10-14(16)3/h6-11H,5,12H2,1-4H3. The maximum absolute atomic E-state index is 12.8. The largest absolute Gasteiger partial charge is 0.468 e. The third-order valence-corrected chi connectivity index (χ3v) is 5.52.